The van der Waals surface area contributed by atoms with Crippen molar-refractivity contribution in [3.8, 4) is 0 Å². The fourth-order valence-electron chi connectivity index (χ4n) is 1.94. The maximum atomic E-state index is 8.99. The van der Waals surface area contributed by atoms with Crippen LogP contribution in [-0.2, 0) is 0 Å². The van der Waals surface area contributed by atoms with E-state index in [1.54, 1.807) is 0 Å². The maximum Gasteiger partial charge on any atom is 0.0436 e. The maximum absolute atomic E-state index is 8.99. The molecule has 0 aromatic heterocycles. The van der Waals surface area contributed by atoms with E-state index in [0.29, 0.717) is 5.92 Å². The van der Waals surface area contributed by atoms with Crippen LogP contribution in [0.5, 0.6) is 0 Å². The Balaban J connectivity index is 2.96. The van der Waals surface area contributed by atoms with E-state index in [9.17, 15) is 0 Å². The third-order valence-corrected chi connectivity index (χ3v) is 2.84. The molecule has 0 aliphatic carbocycles. The molecular weight excluding hydrogens is 172 g/mol. The van der Waals surface area contributed by atoms with Crippen LogP contribution in [0.4, 0.5) is 0 Å². The molecule has 14 heavy (non-hydrogen) atoms. The first-order chi connectivity index (χ1) is 6.69. The van der Waals surface area contributed by atoms with E-state index in [-0.39, 0.29) is 6.61 Å². The molecule has 0 heterocycles. The van der Waals surface area contributed by atoms with E-state index < -0.39 is 0 Å². The van der Waals surface area contributed by atoms with Crippen LogP contribution in [-0.4, -0.2) is 11.7 Å². The molecule has 0 saturated heterocycles. The monoisotopic (exact) mass is 192 g/mol. The molecule has 0 amide bonds. The third-order valence-electron chi connectivity index (χ3n) is 2.84. The van der Waals surface area contributed by atoms with E-state index in [4.69, 9.17) is 5.11 Å². The van der Waals surface area contributed by atoms with Gasteiger partial charge in [0.15, 0.2) is 0 Å². The van der Waals surface area contributed by atoms with Crippen LogP contribution in [0.2, 0.25) is 0 Å². The van der Waals surface area contributed by atoms with Crippen molar-refractivity contribution >= 4 is 0 Å². The highest BCUT2D eigenvalue weighted by Crippen LogP contribution is 2.26. The summed E-state index contributed by atoms with van der Waals surface area (Å²) in [5.41, 5.74) is 4.06. The van der Waals surface area contributed by atoms with Gasteiger partial charge in [-0.2, -0.15) is 0 Å². The predicted molar refractivity (Wildman–Crippen MR) is 60.7 cm³/mol. The molecule has 0 bridgehead atoms. The molecule has 0 aliphatic heterocycles. The van der Waals surface area contributed by atoms with Gasteiger partial charge in [0.2, 0.25) is 0 Å². The number of aliphatic hydroxyl groups excluding tert-OH is 1. The topological polar surface area (TPSA) is 20.2 Å². The van der Waals surface area contributed by atoms with Crippen LogP contribution in [0.3, 0.4) is 0 Å². The van der Waals surface area contributed by atoms with Gasteiger partial charge in [0.1, 0.15) is 0 Å². The highest BCUT2D eigenvalue weighted by Gasteiger charge is 2.10. The highest BCUT2D eigenvalue weighted by atomic mass is 16.3. The summed E-state index contributed by atoms with van der Waals surface area (Å²) in [6.07, 6.45) is 1.98. The van der Waals surface area contributed by atoms with Gasteiger partial charge in [-0.15, -0.1) is 0 Å². The molecule has 1 nitrogen and oxygen atoms in total. The Bertz CT molecular complexity index is 291. The van der Waals surface area contributed by atoms with E-state index in [2.05, 4.69) is 39.0 Å². The van der Waals surface area contributed by atoms with Gasteiger partial charge in [0.25, 0.3) is 0 Å². The number of aliphatic hydroxyl groups is 1. The first-order valence-corrected chi connectivity index (χ1v) is 5.37. The summed E-state index contributed by atoms with van der Waals surface area (Å²) in [4.78, 5) is 0. The lowest BCUT2D eigenvalue weighted by Gasteiger charge is -2.17. The largest absolute Gasteiger partial charge is 0.396 e. The molecule has 1 aromatic carbocycles. The lowest BCUT2D eigenvalue weighted by atomic mass is 9.89. The quantitative estimate of drug-likeness (QED) is 0.776. The van der Waals surface area contributed by atoms with Crippen LogP contribution in [0, 0.1) is 13.8 Å². The molecule has 1 aromatic rings. The molecule has 0 radical (unpaired) electrons. The van der Waals surface area contributed by atoms with Crippen molar-refractivity contribution in [2.75, 3.05) is 6.61 Å². The van der Waals surface area contributed by atoms with Crippen LogP contribution in [0.25, 0.3) is 0 Å². The molecule has 1 atom stereocenters. The number of hydrogen-bond donors (Lipinski definition) is 1. The van der Waals surface area contributed by atoms with Crippen LogP contribution >= 0.6 is 0 Å². The standard InChI is InChI=1S/C13H20O/c1-4-12(7-8-14)13-9-10(2)5-6-11(13)3/h5-6,9,12,14H,4,7-8H2,1-3H3. The summed E-state index contributed by atoms with van der Waals surface area (Å²) in [6, 6.07) is 6.56. The summed E-state index contributed by atoms with van der Waals surface area (Å²) in [6.45, 7) is 6.73. The Morgan fingerprint density at radius 2 is 2.00 bits per heavy atom. The van der Waals surface area contributed by atoms with E-state index in [1.807, 2.05) is 0 Å². The van der Waals surface area contributed by atoms with Gasteiger partial charge >= 0.3 is 0 Å². The van der Waals surface area contributed by atoms with E-state index in [1.165, 1.54) is 16.7 Å². The van der Waals surface area contributed by atoms with Crippen molar-refractivity contribution in [3.05, 3.63) is 34.9 Å². The third kappa shape index (κ3) is 2.58. The second kappa shape index (κ2) is 5.16. The Morgan fingerprint density at radius 3 is 2.57 bits per heavy atom. The number of rotatable bonds is 4. The van der Waals surface area contributed by atoms with Gasteiger partial charge in [0.05, 0.1) is 0 Å². The molecule has 1 unspecified atom stereocenters. The second-order valence-corrected chi connectivity index (χ2v) is 3.98. The zero-order valence-electron chi connectivity index (χ0n) is 9.38. The molecular formula is C13H20O. The number of aryl methyl sites for hydroxylation is 2. The molecule has 0 spiro atoms. The molecule has 1 heteroatoms. The van der Waals surface area contributed by atoms with E-state index >= 15 is 0 Å². The van der Waals surface area contributed by atoms with Crippen LogP contribution in [0.15, 0.2) is 18.2 Å². The second-order valence-electron chi connectivity index (χ2n) is 3.98. The van der Waals surface area contributed by atoms with Gasteiger partial charge in [-0.25, -0.2) is 0 Å². The molecule has 0 aliphatic rings. The minimum Gasteiger partial charge on any atom is -0.396 e. The Hall–Kier alpha value is -0.820. The lowest BCUT2D eigenvalue weighted by Crippen LogP contribution is -2.02. The zero-order valence-corrected chi connectivity index (χ0v) is 9.38. The average Bonchev–Trinajstić information content (AvgIpc) is 2.18. The van der Waals surface area contributed by atoms with Gasteiger partial charge in [-0.3, -0.25) is 0 Å². The fourth-order valence-corrected chi connectivity index (χ4v) is 1.94. The van der Waals surface area contributed by atoms with Crippen molar-refractivity contribution < 1.29 is 5.11 Å². The van der Waals surface area contributed by atoms with Crippen molar-refractivity contribution in [2.24, 2.45) is 0 Å². The summed E-state index contributed by atoms with van der Waals surface area (Å²) in [7, 11) is 0. The molecule has 0 fully saturated rings. The van der Waals surface area contributed by atoms with Crippen molar-refractivity contribution in [1.29, 1.82) is 0 Å². The molecule has 0 saturated carbocycles. The first-order valence-electron chi connectivity index (χ1n) is 5.37. The molecule has 1 N–H and O–H groups in total. The molecule has 78 valence electrons. The van der Waals surface area contributed by atoms with Gasteiger partial charge in [-0.05, 0) is 43.7 Å². The fraction of sp³-hybridized carbons (Fsp3) is 0.538. The Morgan fingerprint density at radius 1 is 1.29 bits per heavy atom. The number of hydrogen-bond acceptors (Lipinski definition) is 1. The first kappa shape index (κ1) is 11.3. The highest BCUT2D eigenvalue weighted by molar-refractivity contribution is 5.33. The van der Waals surface area contributed by atoms with Crippen LogP contribution < -0.4 is 0 Å². The average molecular weight is 192 g/mol. The Labute approximate surface area is 86.8 Å². The predicted octanol–water partition coefficient (Wildman–Crippen LogP) is 3.18. The van der Waals surface area contributed by atoms with Crippen molar-refractivity contribution in [2.45, 2.75) is 39.5 Å². The zero-order chi connectivity index (χ0) is 10.6. The van der Waals surface area contributed by atoms with Crippen molar-refractivity contribution in [1.82, 2.24) is 0 Å². The van der Waals surface area contributed by atoms with Gasteiger partial charge < -0.3 is 5.11 Å². The normalized spacial score (nSPS) is 12.9. The lowest BCUT2D eigenvalue weighted by molar-refractivity contribution is 0.274. The Kier molecular flexibility index (Phi) is 4.15. The summed E-state index contributed by atoms with van der Waals surface area (Å²) >= 11 is 0. The van der Waals surface area contributed by atoms with Gasteiger partial charge in [-0.1, -0.05) is 30.7 Å². The minimum atomic E-state index is 0.284. The summed E-state index contributed by atoms with van der Waals surface area (Å²) < 4.78 is 0. The summed E-state index contributed by atoms with van der Waals surface area (Å²) in [5, 5.41) is 8.99. The minimum absolute atomic E-state index is 0.284. The van der Waals surface area contributed by atoms with E-state index in [0.717, 1.165) is 12.8 Å². The van der Waals surface area contributed by atoms with Gasteiger partial charge in [0, 0.05) is 6.61 Å². The van der Waals surface area contributed by atoms with Crippen LogP contribution in [0.1, 0.15) is 42.4 Å². The SMILES string of the molecule is CCC(CCO)c1cc(C)ccc1C. The van der Waals surface area contributed by atoms with Crippen molar-refractivity contribution in [3.63, 3.8) is 0 Å². The molecule has 1 rings (SSSR count). The number of benzene rings is 1. The smallest absolute Gasteiger partial charge is 0.0436 e. The summed E-state index contributed by atoms with van der Waals surface area (Å²) in [5.74, 6) is 0.514.